The van der Waals surface area contributed by atoms with E-state index in [4.69, 9.17) is 9.26 Å². The second kappa shape index (κ2) is 8.47. The maximum Gasteiger partial charge on any atom is 0.254 e. The monoisotopic (exact) mass is 393 g/mol. The highest BCUT2D eigenvalue weighted by atomic mass is 16.5. The van der Waals surface area contributed by atoms with E-state index in [0.29, 0.717) is 17.3 Å². The van der Waals surface area contributed by atoms with Gasteiger partial charge in [0.2, 0.25) is 11.7 Å². The summed E-state index contributed by atoms with van der Waals surface area (Å²) in [6.45, 7) is 8.33. The van der Waals surface area contributed by atoms with Crippen molar-refractivity contribution >= 4 is 5.91 Å². The average Bonchev–Trinajstić information content (AvgIpc) is 3.15. The first-order valence-corrected chi connectivity index (χ1v) is 9.63. The van der Waals surface area contributed by atoms with E-state index in [9.17, 15) is 4.79 Å². The molecule has 0 N–H and O–H groups in total. The van der Waals surface area contributed by atoms with Crippen LogP contribution in [0.5, 0.6) is 5.75 Å². The molecule has 0 atom stereocenters. The van der Waals surface area contributed by atoms with Crippen LogP contribution in [0, 0.1) is 13.8 Å². The van der Waals surface area contributed by atoms with E-state index in [2.05, 4.69) is 24.0 Å². The summed E-state index contributed by atoms with van der Waals surface area (Å²) in [6.07, 6.45) is 0. The van der Waals surface area contributed by atoms with Crippen LogP contribution in [0.25, 0.3) is 11.4 Å². The second-order valence-electron chi connectivity index (χ2n) is 7.60. The Kier molecular flexibility index (Phi) is 6.01. The van der Waals surface area contributed by atoms with Crippen LogP contribution < -0.4 is 4.74 Å². The Morgan fingerprint density at radius 1 is 1.17 bits per heavy atom. The molecule has 0 aliphatic heterocycles. The van der Waals surface area contributed by atoms with E-state index >= 15 is 0 Å². The van der Waals surface area contributed by atoms with Gasteiger partial charge in [-0.25, -0.2) is 0 Å². The molecule has 0 radical (unpaired) electrons. The summed E-state index contributed by atoms with van der Waals surface area (Å²) < 4.78 is 10.8. The molecule has 0 spiro atoms. The number of rotatable bonds is 6. The van der Waals surface area contributed by atoms with Gasteiger partial charge in [0.05, 0.1) is 13.7 Å². The Morgan fingerprint density at radius 2 is 1.86 bits per heavy atom. The summed E-state index contributed by atoms with van der Waals surface area (Å²) in [6, 6.07) is 11.7. The van der Waals surface area contributed by atoms with Crippen LogP contribution in [0.4, 0.5) is 0 Å². The zero-order chi connectivity index (χ0) is 21.1. The number of hydrogen-bond donors (Lipinski definition) is 0. The molecule has 152 valence electrons. The van der Waals surface area contributed by atoms with Crippen molar-refractivity contribution in [2.24, 2.45) is 0 Å². The minimum atomic E-state index is -0.0952. The van der Waals surface area contributed by atoms with Crippen molar-refractivity contribution in [2.75, 3.05) is 14.2 Å². The van der Waals surface area contributed by atoms with Crippen molar-refractivity contribution in [2.45, 2.75) is 40.2 Å². The SMILES string of the molecule is COc1cc(C)c(C(=O)N(C)Cc2nc(-c3ccc(C)cc3)no2)cc1C(C)C. The Balaban J connectivity index is 1.79. The van der Waals surface area contributed by atoms with Crippen LogP contribution in [0.15, 0.2) is 40.9 Å². The van der Waals surface area contributed by atoms with Crippen LogP contribution in [-0.4, -0.2) is 35.1 Å². The summed E-state index contributed by atoms with van der Waals surface area (Å²) in [4.78, 5) is 19.1. The number of amides is 1. The van der Waals surface area contributed by atoms with Crippen molar-refractivity contribution in [1.29, 1.82) is 0 Å². The molecule has 0 unspecified atom stereocenters. The number of hydrogen-bond acceptors (Lipinski definition) is 5. The Bertz CT molecular complexity index is 1010. The van der Waals surface area contributed by atoms with Crippen LogP contribution in [0.1, 0.15) is 52.7 Å². The van der Waals surface area contributed by atoms with Gasteiger partial charge in [-0.2, -0.15) is 4.98 Å². The zero-order valence-electron chi connectivity index (χ0n) is 17.8. The topological polar surface area (TPSA) is 68.5 Å². The largest absolute Gasteiger partial charge is 0.496 e. The van der Waals surface area contributed by atoms with Gasteiger partial charge in [0.15, 0.2) is 0 Å². The molecule has 3 aromatic rings. The molecule has 1 aromatic heterocycles. The lowest BCUT2D eigenvalue weighted by atomic mass is 9.96. The van der Waals surface area contributed by atoms with Gasteiger partial charge in [-0.1, -0.05) is 48.8 Å². The van der Waals surface area contributed by atoms with Crippen LogP contribution in [0.3, 0.4) is 0 Å². The van der Waals surface area contributed by atoms with E-state index in [1.807, 2.05) is 50.2 Å². The molecular formula is C23H27N3O3. The predicted octanol–water partition coefficient (Wildman–Crippen LogP) is 4.76. The van der Waals surface area contributed by atoms with Gasteiger partial charge in [-0.05, 0) is 43.0 Å². The molecule has 0 fully saturated rings. The summed E-state index contributed by atoms with van der Waals surface area (Å²) >= 11 is 0. The van der Waals surface area contributed by atoms with Crippen molar-refractivity contribution in [3.63, 3.8) is 0 Å². The maximum atomic E-state index is 13.1. The fourth-order valence-electron chi connectivity index (χ4n) is 3.18. The average molecular weight is 393 g/mol. The molecule has 6 heteroatoms. The van der Waals surface area contributed by atoms with Gasteiger partial charge in [0.25, 0.3) is 5.91 Å². The molecule has 0 saturated carbocycles. The number of carbonyl (C=O) groups is 1. The molecule has 3 rings (SSSR count). The number of aromatic nitrogens is 2. The van der Waals surface area contributed by atoms with Crippen LogP contribution in [0.2, 0.25) is 0 Å². The third-order valence-corrected chi connectivity index (χ3v) is 4.93. The summed E-state index contributed by atoms with van der Waals surface area (Å²) in [5.41, 5.74) is 4.57. The molecule has 0 saturated heterocycles. The number of aryl methyl sites for hydroxylation is 2. The highest BCUT2D eigenvalue weighted by Crippen LogP contribution is 2.30. The van der Waals surface area contributed by atoms with Crippen molar-refractivity contribution in [3.05, 3.63) is 64.5 Å². The number of methoxy groups -OCH3 is 1. The lowest BCUT2D eigenvalue weighted by molar-refractivity contribution is 0.0768. The molecule has 6 nitrogen and oxygen atoms in total. The minimum Gasteiger partial charge on any atom is -0.496 e. The van der Waals surface area contributed by atoms with Gasteiger partial charge in [0, 0.05) is 18.2 Å². The highest BCUT2D eigenvalue weighted by molar-refractivity contribution is 5.96. The van der Waals surface area contributed by atoms with Gasteiger partial charge in [-0.3, -0.25) is 4.79 Å². The number of benzene rings is 2. The summed E-state index contributed by atoms with van der Waals surface area (Å²) in [5, 5.41) is 4.04. The van der Waals surface area contributed by atoms with Gasteiger partial charge in [-0.15, -0.1) is 0 Å². The third-order valence-electron chi connectivity index (χ3n) is 4.93. The number of carbonyl (C=O) groups excluding carboxylic acids is 1. The maximum absolute atomic E-state index is 13.1. The van der Waals surface area contributed by atoms with Gasteiger partial charge >= 0.3 is 0 Å². The summed E-state index contributed by atoms with van der Waals surface area (Å²) in [5.74, 6) is 1.86. The fourth-order valence-corrected chi connectivity index (χ4v) is 3.18. The normalized spacial score (nSPS) is 11.0. The molecule has 1 heterocycles. The standard InChI is InChI=1S/C23H27N3O3/c1-14(2)18-12-19(16(4)11-20(18)28-6)23(27)26(5)13-21-24-22(25-29-21)17-9-7-15(3)8-10-17/h7-12,14H,13H2,1-6H3. The van der Waals surface area contributed by atoms with E-state index in [1.165, 1.54) is 5.56 Å². The number of ether oxygens (including phenoxy) is 1. The molecule has 0 aliphatic carbocycles. The fraction of sp³-hybridized carbons (Fsp3) is 0.348. The van der Waals surface area contributed by atoms with Crippen LogP contribution in [-0.2, 0) is 6.54 Å². The van der Waals surface area contributed by atoms with Gasteiger partial charge < -0.3 is 14.2 Å². The lowest BCUT2D eigenvalue weighted by Gasteiger charge is -2.19. The molecule has 2 aromatic carbocycles. The van der Waals surface area contributed by atoms with Crippen molar-refractivity contribution < 1.29 is 14.1 Å². The number of nitrogens with zero attached hydrogens (tertiary/aromatic N) is 3. The quantitative estimate of drug-likeness (QED) is 0.604. The van der Waals surface area contributed by atoms with Crippen LogP contribution >= 0.6 is 0 Å². The molecule has 29 heavy (non-hydrogen) atoms. The highest BCUT2D eigenvalue weighted by Gasteiger charge is 2.20. The molecule has 1 amide bonds. The smallest absolute Gasteiger partial charge is 0.254 e. The summed E-state index contributed by atoms with van der Waals surface area (Å²) in [7, 11) is 3.38. The van der Waals surface area contributed by atoms with E-state index < -0.39 is 0 Å². The Morgan fingerprint density at radius 3 is 2.48 bits per heavy atom. The van der Waals surface area contributed by atoms with Crippen molar-refractivity contribution in [3.8, 4) is 17.1 Å². The van der Waals surface area contributed by atoms with Gasteiger partial charge in [0.1, 0.15) is 5.75 Å². The predicted molar refractivity (Wildman–Crippen MR) is 112 cm³/mol. The van der Waals surface area contributed by atoms with E-state index in [-0.39, 0.29) is 18.4 Å². The Hall–Kier alpha value is -3.15. The first kappa shape index (κ1) is 20.6. The van der Waals surface area contributed by atoms with E-state index in [1.54, 1.807) is 19.1 Å². The first-order chi connectivity index (χ1) is 13.8. The lowest BCUT2D eigenvalue weighted by Crippen LogP contribution is -2.27. The first-order valence-electron chi connectivity index (χ1n) is 9.63. The van der Waals surface area contributed by atoms with Crippen molar-refractivity contribution in [1.82, 2.24) is 15.0 Å². The second-order valence-corrected chi connectivity index (χ2v) is 7.60. The zero-order valence-corrected chi connectivity index (χ0v) is 17.8. The van der Waals surface area contributed by atoms with E-state index in [0.717, 1.165) is 22.4 Å². The molecular weight excluding hydrogens is 366 g/mol. The Labute approximate surface area is 171 Å². The minimum absolute atomic E-state index is 0.0952. The molecule has 0 aliphatic rings. The third kappa shape index (κ3) is 4.47. The molecule has 0 bridgehead atoms.